The van der Waals surface area contributed by atoms with Crippen LogP contribution >= 0.6 is 0 Å². The van der Waals surface area contributed by atoms with E-state index in [1.54, 1.807) is 32.0 Å². The summed E-state index contributed by atoms with van der Waals surface area (Å²) in [6, 6.07) is 6.51. The number of ether oxygens (including phenoxy) is 2. The van der Waals surface area contributed by atoms with E-state index in [1.807, 2.05) is 27.7 Å². The molecule has 0 radical (unpaired) electrons. The van der Waals surface area contributed by atoms with Crippen molar-refractivity contribution in [1.29, 1.82) is 0 Å². The highest BCUT2D eigenvalue weighted by atomic mass is 19.1. The summed E-state index contributed by atoms with van der Waals surface area (Å²) in [6.07, 6.45) is 0.506. The van der Waals surface area contributed by atoms with Crippen molar-refractivity contribution in [1.82, 2.24) is 0 Å². The minimum absolute atomic E-state index is 0.127. The van der Waals surface area contributed by atoms with Gasteiger partial charge in [-0.3, -0.25) is 0 Å². The Balaban J connectivity index is 0.00000151. The van der Waals surface area contributed by atoms with Gasteiger partial charge in [0.05, 0.1) is 6.10 Å². The Hall–Kier alpha value is -2.36. The van der Waals surface area contributed by atoms with E-state index in [1.165, 1.54) is 12.1 Å². The minimum Gasteiger partial charge on any atom is -0.431 e. The molecule has 0 aromatic heterocycles. The van der Waals surface area contributed by atoms with Gasteiger partial charge in [-0.2, -0.15) is 0 Å². The van der Waals surface area contributed by atoms with Gasteiger partial charge in [-0.05, 0) is 54.3 Å². The average Bonchev–Trinajstić information content (AvgIpc) is 2.55. The summed E-state index contributed by atoms with van der Waals surface area (Å²) in [6.45, 7) is 15.2. The number of halogens is 1. The van der Waals surface area contributed by atoms with Crippen LogP contribution in [0.4, 0.5) is 9.18 Å². The summed E-state index contributed by atoms with van der Waals surface area (Å²) in [4.78, 5) is 11.7. The second-order valence-corrected chi connectivity index (χ2v) is 5.95. The van der Waals surface area contributed by atoms with Crippen LogP contribution in [0.15, 0.2) is 30.8 Å². The summed E-state index contributed by atoms with van der Waals surface area (Å²) in [7, 11) is 0. The third-order valence-corrected chi connectivity index (χ3v) is 3.47. The zero-order valence-electron chi connectivity index (χ0n) is 15.9. The van der Waals surface area contributed by atoms with Gasteiger partial charge >= 0.3 is 6.16 Å². The lowest BCUT2D eigenvalue weighted by atomic mass is 9.92. The van der Waals surface area contributed by atoms with E-state index in [9.17, 15) is 9.18 Å². The number of hydrogen-bond acceptors (Lipinski definition) is 3. The zero-order chi connectivity index (χ0) is 19.1. The van der Waals surface area contributed by atoms with E-state index >= 15 is 0 Å². The highest BCUT2D eigenvalue weighted by Crippen LogP contribution is 2.34. The summed E-state index contributed by atoms with van der Waals surface area (Å²) < 4.78 is 24.3. The lowest BCUT2D eigenvalue weighted by Crippen LogP contribution is -2.15. The minimum atomic E-state index is -0.750. The molecule has 0 N–H and O–H groups in total. The second kappa shape index (κ2) is 9.21. The van der Waals surface area contributed by atoms with Gasteiger partial charge in [0.1, 0.15) is 11.6 Å². The van der Waals surface area contributed by atoms with Gasteiger partial charge in [0, 0.05) is 5.56 Å². The number of benzene rings is 2. The predicted octanol–water partition coefficient (Wildman–Crippen LogP) is 6.70. The molecule has 0 saturated carbocycles. The van der Waals surface area contributed by atoms with Crippen molar-refractivity contribution in [3.05, 3.63) is 47.8 Å². The predicted molar refractivity (Wildman–Crippen MR) is 102 cm³/mol. The number of hydrogen-bond donors (Lipinski definition) is 0. The molecule has 2 rings (SSSR count). The molecule has 25 heavy (non-hydrogen) atoms. The monoisotopic (exact) mass is 346 g/mol. The maximum absolute atomic E-state index is 14.0. The molecule has 0 aliphatic heterocycles. The third-order valence-electron chi connectivity index (χ3n) is 3.47. The van der Waals surface area contributed by atoms with Crippen LogP contribution in [0.2, 0.25) is 0 Å². The van der Waals surface area contributed by atoms with Crippen LogP contribution in [0.25, 0.3) is 16.8 Å². The van der Waals surface area contributed by atoms with Gasteiger partial charge in [0.15, 0.2) is 0 Å². The number of carbonyl (C=O) groups is 1. The Morgan fingerprint density at radius 3 is 2.32 bits per heavy atom. The fourth-order valence-electron chi connectivity index (χ4n) is 2.50. The van der Waals surface area contributed by atoms with Gasteiger partial charge < -0.3 is 9.47 Å². The molecule has 0 aliphatic rings. The SMILES string of the molecule is C=Cc1c(F)ccc2cc(OC(=O)OC(C)C)cc(C(C)C)c12.CC. The number of carbonyl (C=O) groups excluding carboxylic acids is 1. The first kappa shape index (κ1) is 20.7. The third kappa shape index (κ3) is 5.05. The molecular weight excluding hydrogens is 319 g/mol. The van der Waals surface area contributed by atoms with E-state index in [-0.39, 0.29) is 17.8 Å². The lowest BCUT2D eigenvalue weighted by Gasteiger charge is -2.16. The van der Waals surface area contributed by atoms with E-state index in [0.29, 0.717) is 11.3 Å². The number of fused-ring (bicyclic) bond motifs is 1. The van der Waals surface area contributed by atoms with Gasteiger partial charge in [-0.25, -0.2) is 9.18 Å². The second-order valence-electron chi connectivity index (χ2n) is 5.95. The molecule has 2 aromatic rings. The van der Waals surface area contributed by atoms with Gasteiger partial charge in [0.2, 0.25) is 0 Å². The Morgan fingerprint density at radius 2 is 1.80 bits per heavy atom. The van der Waals surface area contributed by atoms with Crippen LogP contribution in [0.1, 0.15) is 58.6 Å². The highest BCUT2D eigenvalue weighted by molar-refractivity contribution is 5.95. The van der Waals surface area contributed by atoms with Crippen molar-refractivity contribution in [2.24, 2.45) is 0 Å². The molecule has 0 heterocycles. The van der Waals surface area contributed by atoms with Gasteiger partial charge in [-0.15, -0.1) is 0 Å². The average molecular weight is 346 g/mol. The molecule has 0 saturated heterocycles. The van der Waals surface area contributed by atoms with Crippen molar-refractivity contribution >= 4 is 23.0 Å². The first-order valence-corrected chi connectivity index (χ1v) is 8.60. The largest absolute Gasteiger partial charge is 0.514 e. The van der Waals surface area contributed by atoms with Crippen LogP contribution in [-0.4, -0.2) is 12.3 Å². The molecule has 0 bridgehead atoms. The van der Waals surface area contributed by atoms with Crippen molar-refractivity contribution in [3.8, 4) is 5.75 Å². The Bertz CT molecular complexity index is 748. The standard InChI is InChI=1S/C19H21FO3.C2H6/c1-6-15-17(20)8-7-13-9-14(23-19(21)22-12(4)5)10-16(11(2)3)18(13)15;1-2/h6-12H,1H2,2-5H3;1-2H3. The molecule has 0 aliphatic carbocycles. The fourth-order valence-corrected chi connectivity index (χ4v) is 2.50. The fraction of sp³-hybridized carbons (Fsp3) is 0.381. The van der Waals surface area contributed by atoms with Crippen molar-refractivity contribution < 1.29 is 18.7 Å². The Kier molecular flexibility index (Phi) is 7.62. The first-order valence-electron chi connectivity index (χ1n) is 8.60. The highest BCUT2D eigenvalue weighted by Gasteiger charge is 2.16. The molecule has 0 fully saturated rings. The van der Waals surface area contributed by atoms with Crippen LogP contribution in [0.3, 0.4) is 0 Å². The van der Waals surface area contributed by atoms with E-state index < -0.39 is 6.16 Å². The molecule has 0 amide bonds. The molecule has 2 aromatic carbocycles. The summed E-state index contributed by atoms with van der Waals surface area (Å²) >= 11 is 0. The van der Waals surface area contributed by atoms with Gasteiger partial charge in [-0.1, -0.05) is 46.4 Å². The lowest BCUT2D eigenvalue weighted by molar-refractivity contribution is 0.0729. The normalized spacial score (nSPS) is 10.4. The Labute approximate surface area is 149 Å². The quantitative estimate of drug-likeness (QED) is 0.457. The van der Waals surface area contributed by atoms with Crippen LogP contribution in [0.5, 0.6) is 5.75 Å². The van der Waals surface area contributed by atoms with E-state index in [2.05, 4.69) is 6.58 Å². The number of rotatable bonds is 4. The molecule has 4 heteroatoms. The smallest absolute Gasteiger partial charge is 0.431 e. The van der Waals surface area contributed by atoms with Crippen LogP contribution < -0.4 is 4.74 Å². The molecule has 0 spiro atoms. The topological polar surface area (TPSA) is 35.5 Å². The first-order chi connectivity index (χ1) is 11.8. The maximum Gasteiger partial charge on any atom is 0.514 e. The van der Waals surface area contributed by atoms with Crippen LogP contribution in [0, 0.1) is 5.82 Å². The maximum atomic E-state index is 14.0. The Morgan fingerprint density at radius 1 is 1.16 bits per heavy atom. The summed E-state index contributed by atoms with van der Waals surface area (Å²) in [5.41, 5.74) is 1.35. The van der Waals surface area contributed by atoms with E-state index in [0.717, 1.165) is 16.3 Å². The van der Waals surface area contributed by atoms with Crippen molar-refractivity contribution in [2.75, 3.05) is 0 Å². The molecule has 0 unspecified atom stereocenters. The molecule has 3 nitrogen and oxygen atoms in total. The molecular formula is C21H27FO3. The zero-order valence-corrected chi connectivity index (χ0v) is 15.9. The van der Waals surface area contributed by atoms with Gasteiger partial charge in [0.25, 0.3) is 0 Å². The van der Waals surface area contributed by atoms with Crippen LogP contribution in [-0.2, 0) is 4.74 Å². The summed E-state index contributed by atoms with van der Waals surface area (Å²) in [5.74, 6) is 0.193. The summed E-state index contributed by atoms with van der Waals surface area (Å²) in [5, 5.41) is 1.58. The van der Waals surface area contributed by atoms with E-state index in [4.69, 9.17) is 9.47 Å². The van der Waals surface area contributed by atoms with Crippen molar-refractivity contribution in [3.63, 3.8) is 0 Å². The molecule has 0 atom stereocenters. The van der Waals surface area contributed by atoms with Crippen molar-refractivity contribution in [2.45, 2.75) is 53.6 Å². The molecule has 136 valence electrons.